The zero-order valence-corrected chi connectivity index (χ0v) is 23.8. The van der Waals surface area contributed by atoms with E-state index in [4.69, 9.17) is 9.47 Å². The number of ether oxygens (including phenoxy) is 2. The predicted molar refractivity (Wildman–Crippen MR) is 154 cm³/mol. The molecule has 224 valence electrons. The van der Waals surface area contributed by atoms with E-state index >= 15 is 0 Å². The normalized spacial score (nSPS) is 45.5. The van der Waals surface area contributed by atoms with Gasteiger partial charge in [0.25, 0.3) is 0 Å². The Kier molecular flexibility index (Phi) is 10.8. The van der Waals surface area contributed by atoms with Crippen molar-refractivity contribution < 1.29 is 9.47 Å². The van der Waals surface area contributed by atoms with Crippen molar-refractivity contribution in [2.45, 2.75) is 99.0 Å². The van der Waals surface area contributed by atoms with E-state index in [-0.39, 0.29) is 0 Å². The summed E-state index contributed by atoms with van der Waals surface area (Å²) in [5.41, 5.74) is 0. The Hall–Kier alpha value is -0.440. The van der Waals surface area contributed by atoms with Crippen LogP contribution in [0.4, 0.5) is 0 Å². The fraction of sp³-hybridized carbons (Fsp3) is 1.00. The lowest BCUT2D eigenvalue weighted by Crippen LogP contribution is -2.61. The van der Waals surface area contributed by atoms with Crippen LogP contribution in [0.25, 0.3) is 0 Å². The monoisotopic (exact) mass is 549 g/mol. The number of hydrogen-bond donors (Lipinski definition) is 9. The van der Waals surface area contributed by atoms with E-state index in [1.807, 2.05) is 0 Å². The molecule has 11 aliphatic rings. The molecule has 0 amide bonds. The highest BCUT2D eigenvalue weighted by molar-refractivity contribution is 4.94. The van der Waals surface area contributed by atoms with Crippen LogP contribution < -0.4 is 47.9 Å². The zero-order chi connectivity index (χ0) is 26.3. The molecule has 0 spiro atoms. The molecule has 39 heavy (non-hydrogen) atoms. The fourth-order valence-electron chi connectivity index (χ4n) is 7.41. The fourth-order valence-corrected chi connectivity index (χ4v) is 7.41. The first-order valence-corrected chi connectivity index (χ1v) is 16.0. The summed E-state index contributed by atoms with van der Waals surface area (Å²) in [6.07, 6.45) is 8.72. The van der Waals surface area contributed by atoms with E-state index < -0.39 is 0 Å². The molecule has 11 rings (SSSR count). The zero-order valence-electron chi connectivity index (χ0n) is 23.8. The van der Waals surface area contributed by atoms with E-state index in [0.29, 0.717) is 24.2 Å². The molecular weight excluding hydrogens is 494 g/mol. The van der Waals surface area contributed by atoms with E-state index in [2.05, 4.69) is 47.9 Å². The summed E-state index contributed by atoms with van der Waals surface area (Å²) in [5, 5.41) is 30.8. The van der Waals surface area contributed by atoms with Crippen molar-refractivity contribution in [2.24, 2.45) is 0 Å². The van der Waals surface area contributed by atoms with Crippen LogP contribution in [-0.2, 0) is 9.47 Å². The van der Waals surface area contributed by atoms with Gasteiger partial charge in [0.1, 0.15) is 0 Å². The molecule has 9 N–H and O–H groups in total. The minimum Gasteiger partial charge on any atom is -0.378 e. The molecule has 11 fully saturated rings. The SMILES string of the molecule is C1CC2CNC1CN2.C1CC2CNCC1N2.C1NCC2COCC1N2.C1N[C@@H]2CN[C@H]1C2.C1O[C@@H]2CN[C@H]1C2. The average Bonchev–Trinajstić information content (AvgIpc) is 3.86. The molecule has 0 radical (unpaired) electrons. The van der Waals surface area contributed by atoms with Gasteiger partial charge in [0, 0.05) is 113 Å². The van der Waals surface area contributed by atoms with Crippen LogP contribution in [0.3, 0.4) is 0 Å². The van der Waals surface area contributed by atoms with Gasteiger partial charge in [0.15, 0.2) is 0 Å². The van der Waals surface area contributed by atoms with Gasteiger partial charge < -0.3 is 57.3 Å². The summed E-state index contributed by atoms with van der Waals surface area (Å²) in [6, 6.07) is 6.64. The maximum Gasteiger partial charge on any atom is 0.0716 e. The van der Waals surface area contributed by atoms with Crippen molar-refractivity contribution >= 4 is 0 Å². The number of morpholine rings is 2. The average molecular weight is 550 g/mol. The molecule has 11 heterocycles. The second-order valence-electron chi connectivity index (χ2n) is 13.1. The molecule has 0 aliphatic carbocycles. The van der Waals surface area contributed by atoms with Gasteiger partial charge in [-0.15, -0.1) is 0 Å². The first-order valence-electron chi connectivity index (χ1n) is 16.0. The van der Waals surface area contributed by atoms with Crippen LogP contribution >= 0.6 is 0 Å². The van der Waals surface area contributed by atoms with Gasteiger partial charge in [0.05, 0.1) is 25.9 Å². The lowest BCUT2D eigenvalue weighted by atomic mass is 9.96. The molecule has 10 bridgehead atoms. The van der Waals surface area contributed by atoms with E-state index in [0.717, 1.165) is 75.7 Å². The Balaban J connectivity index is 0.0000000889. The third kappa shape index (κ3) is 8.78. The van der Waals surface area contributed by atoms with Crippen LogP contribution in [0.1, 0.15) is 38.5 Å². The van der Waals surface area contributed by atoms with Crippen LogP contribution in [-0.4, -0.2) is 139 Å². The minimum absolute atomic E-state index is 0.560. The van der Waals surface area contributed by atoms with Gasteiger partial charge in [-0.25, -0.2) is 0 Å². The maximum absolute atomic E-state index is 5.33. The molecule has 0 aromatic rings. The summed E-state index contributed by atoms with van der Waals surface area (Å²) in [5.74, 6) is 0. The smallest absolute Gasteiger partial charge is 0.0716 e. The van der Waals surface area contributed by atoms with Crippen molar-refractivity contribution in [3.63, 3.8) is 0 Å². The summed E-state index contributed by atoms with van der Waals surface area (Å²) < 4.78 is 10.6. The van der Waals surface area contributed by atoms with Crippen molar-refractivity contribution in [1.82, 2.24) is 47.9 Å². The van der Waals surface area contributed by atoms with Gasteiger partial charge in [0.2, 0.25) is 0 Å². The second-order valence-corrected chi connectivity index (χ2v) is 13.1. The third-order valence-corrected chi connectivity index (χ3v) is 9.77. The number of nitrogens with one attached hydrogen (secondary N) is 9. The summed E-state index contributed by atoms with van der Waals surface area (Å²) in [6.45, 7) is 13.1. The number of piperidine rings is 2. The standard InChI is InChI=1S/C6H12N2O.2C6H12N2.C5H10N2.C5H9NO/c1-5-3-9-4-6(8-5)2-7-1;1-2-6-4-7-5(1)3-8-6;1-2-6-4-7-3-5(1)8-6;1-4-2-6-5(1)3-7-4;1-4-3-7-5(1)2-6-4/h5-8H,1-4H2;2*5-8H,1-4H2;4-7H,1-3H2;4-6H,1-3H2/t;;;2*4-,5-/m...00/s1. The van der Waals surface area contributed by atoms with Crippen molar-refractivity contribution in [3.05, 3.63) is 0 Å². The number of rotatable bonds is 0. The Morgan fingerprint density at radius 1 is 0.385 bits per heavy atom. The van der Waals surface area contributed by atoms with Crippen LogP contribution in [0.15, 0.2) is 0 Å². The molecule has 11 nitrogen and oxygen atoms in total. The Morgan fingerprint density at radius 2 is 0.872 bits per heavy atom. The lowest BCUT2D eigenvalue weighted by Gasteiger charge is -2.37. The largest absolute Gasteiger partial charge is 0.378 e. The lowest BCUT2D eigenvalue weighted by molar-refractivity contribution is 0.0310. The molecular formula is C28H55N9O2. The molecule has 10 atom stereocenters. The third-order valence-electron chi connectivity index (χ3n) is 9.77. The van der Waals surface area contributed by atoms with Crippen molar-refractivity contribution in [2.75, 3.05) is 78.7 Å². The molecule has 11 heteroatoms. The topological polar surface area (TPSA) is 127 Å². The molecule has 6 unspecified atom stereocenters. The Labute approximate surface area is 235 Å². The summed E-state index contributed by atoms with van der Waals surface area (Å²) in [7, 11) is 0. The first kappa shape index (κ1) is 28.7. The minimum atomic E-state index is 0.560. The number of hydrogen-bond acceptors (Lipinski definition) is 11. The Bertz CT molecular complexity index is 599. The van der Waals surface area contributed by atoms with Gasteiger partial charge >= 0.3 is 0 Å². The molecule has 11 saturated heterocycles. The van der Waals surface area contributed by atoms with Crippen LogP contribution in [0, 0.1) is 0 Å². The predicted octanol–water partition coefficient (Wildman–Crippen LogP) is -2.57. The number of fused-ring (bicyclic) bond motifs is 11. The van der Waals surface area contributed by atoms with Gasteiger partial charge in [-0.05, 0) is 38.5 Å². The number of piperazine rings is 4. The maximum atomic E-state index is 5.33. The highest BCUT2D eigenvalue weighted by Crippen LogP contribution is 2.18. The van der Waals surface area contributed by atoms with E-state index in [1.54, 1.807) is 0 Å². The van der Waals surface area contributed by atoms with Gasteiger partial charge in [-0.3, -0.25) is 0 Å². The van der Waals surface area contributed by atoms with Gasteiger partial charge in [-0.2, -0.15) is 0 Å². The second kappa shape index (κ2) is 14.6. The molecule has 0 aromatic heterocycles. The van der Waals surface area contributed by atoms with Crippen LogP contribution in [0.2, 0.25) is 0 Å². The van der Waals surface area contributed by atoms with E-state index in [9.17, 15) is 0 Å². The van der Waals surface area contributed by atoms with Crippen molar-refractivity contribution in [1.29, 1.82) is 0 Å². The quantitative estimate of drug-likeness (QED) is 0.158. The molecule has 11 aliphatic heterocycles. The highest BCUT2D eigenvalue weighted by atomic mass is 16.5. The van der Waals surface area contributed by atoms with Gasteiger partial charge in [-0.1, -0.05) is 0 Å². The summed E-state index contributed by atoms with van der Waals surface area (Å²) in [4.78, 5) is 0. The summed E-state index contributed by atoms with van der Waals surface area (Å²) >= 11 is 0. The molecule has 0 saturated carbocycles. The highest BCUT2D eigenvalue weighted by Gasteiger charge is 2.32. The van der Waals surface area contributed by atoms with Crippen LogP contribution in [0.5, 0.6) is 0 Å². The Morgan fingerprint density at radius 3 is 1.15 bits per heavy atom. The first-order chi connectivity index (χ1) is 19.2. The van der Waals surface area contributed by atoms with Crippen molar-refractivity contribution in [3.8, 4) is 0 Å². The van der Waals surface area contributed by atoms with E-state index in [1.165, 1.54) is 77.8 Å². The molecule has 0 aromatic carbocycles.